The molecule has 1 rings (SSSR count). The molecule has 0 aliphatic heterocycles. The Bertz CT molecular complexity index is 480. The Morgan fingerprint density at radius 3 is 2.67 bits per heavy atom. The van der Waals surface area contributed by atoms with Crippen molar-refractivity contribution in [1.82, 2.24) is 0 Å². The highest BCUT2D eigenvalue weighted by Crippen LogP contribution is 2.25. The molecule has 0 heterocycles. The second-order valence-electron chi connectivity index (χ2n) is 3.06. The maximum absolute atomic E-state index is 11.5. The summed E-state index contributed by atoms with van der Waals surface area (Å²) in [6.07, 6.45) is 4.61. The van der Waals surface area contributed by atoms with Gasteiger partial charge in [0, 0.05) is 22.8 Å². The molecule has 0 spiro atoms. The molecule has 0 amide bonds. The molecule has 15 heavy (non-hydrogen) atoms. The molecular formula is C10H12BrNO2S. The van der Waals surface area contributed by atoms with Crippen molar-refractivity contribution in [3.05, 3.63) is 34.3 Å². The topological polar surface area (TPSA) is 60.2 Å². The van der Waals surface area contributed by atoms with E-state index in [4.69, 9.17) is 5.73 Å². The number of halogens is 1. The monoisotopic (exact) mass is 289 g/mol. The van der Waals surface area contributed by atoms with Crippen molar-refractivity contribution in [1.29, 1.82) is 0 Å². The molecule has 0 saturated carbocycles. The highest BCUT2D eigenvalue weighted by Gasteiger charge is 2.12. The Morgan fingerprint density at radius 1 is 1.47 bits per heavy atom. The summed E-state index contributed by atoms with van der Waals surface area (Å²) in [4.78, 5) is 0.307. The minimum Gasteiger partial charge on any atom is -0.327 e. The predicted molar refractivity (Wildman–Crippen MR) is 65.3 cm³/mol. The molecule has 5 heteroatoms. The zero-order valence-electron chi connectivity index (χ0n) is 8.27. The predicted octanol–water partition coefficient (Wildman–Crippen LogP) is 1.82. The van der Waals surface area contributed by atoms with E-state index in [0.717, 1.165) is 4.47 Å². The smallest absolute Gasteiger partial charge is 0.176 e. The standard InChI is InChI=1S/C10H12BrNO2S/c1-15(13,14)10-6-2-5-9(11)8(10)4-3-7-12/h2-6H,7,12H2,1H3/b4-3+. The number of hydrogen-bond donors (Lipinski definition) is 1. The van der Waals surface area contributed by atoms with Crippen LogP contribution >= 0.6 is 15.9 Å². The van der Waals surface area contributed by atoms with E-state index in [9.17, 15) is 8.42 Å². The summed E-state index contributed by atoms with van der Waals surface area (Å²) in [6.45, 7) is 0.380. The van der Waals surface area contributed by atoms with Crippen LogP contribution in [0, 0.1) is 0 Å². The third-order valence-electron chi connectivity index (χ3n) is 1.83. The van der Waals surface area contributed by atoms with Crippen molar-refractivity contribution >= 4 is 31.8 Å². The molecule has 0 atom stereocenters. The lowest BCUT2D eigenvalue weighted by molar-refractivity contribution is 0.601. The lowest BCUT2D eigenvalue weighted by atomic mass is 10.2. The molecule has 0 fully saturated rings. The number of nitrogens with two attached hydrogens (primary N) is 1. The van der Waals surface area contributed by atoms with E-state index in [0.29, 0.717) is 17.0 Å². The van der Waals surface area contributed by atoms with E-state index in [1.807, 2.05) is 0 Å². The zero-order valence-corrected chi connectivity index (χ0v) is 10.7. The molecule has 0 saturated heterocycles. The molecule has 0 radical (unpaired) electrons. The van der Waals surface area contributed by atoms with Crippen LogP contribution in [-0.4, -0.2) is 21.2 Å². The van der Waals surface area contributed by atoms with Crippen LogP contribution in [0.3, 0.4) is 0 Å². The third-order valence-corrected chi connectivity index (χ3v) is 3.68. The van der Waals surface area contributed by atoms with Gasteiger partial charge >= 0.3 is 0 Å². The second kappa shape index (κ2) is 4.92. The molecule has 0 bridgehead atoms. The van der Waals surface area contributed by atoms with Crippen molar-refractivity contribution in [2.75, 3.05) is 12.8 Å². The van der Waals surface area contributed by atoms with Crippen molar-refractivity contribution in [3.63, 3.8) is 0 Å². The van der Waals surface area contributed by atoms with Crippen LogP contribution in [-0.2, 0) is 9.84 Å². The van der Waals surface area contributed by atoms with Gasteiger partial charge in [-0.1, -0.05) is 34.1 Å². The van der Waals surface area contributed by atoms with Crippen molar-refractivity contribution in [2.24, 2.45) is 5.73 Å². The van der Waals surface area contributed by atoms with Gasteiger partial charge < -0.3 is 5.73 Å². The van der Waals surface area contributed by atoms with E-state index < -0.39 is 9.84 Å². The summed E-state index contributed by atoms with van der Waals surface area (Å²) in [5, 5.41) is 0. The van der Waals surface area contributed by atoms with Crippen LogP contribution < -0.4 is 5.73 Å². The van der Waals surface area contributed by atoms with E-state index in [2.05, 4.69) is 15.9 Å². The first-order valence-electron chi connectivity index (χ1n) is 4.32. The van der Waals surface area contributed by atoms with Gasteiger partial charge in [0.25, 0.3) is 0 Å². The first-order chi connectivity index (χ1) is 6.96. The van der Waals surface area contributed by atoms with Crippen molar-refractivity contribution in [3.8, 4) is 0 Å². The molecule has 3 nitrogen and oxygen atoms in total. The van der Waals surface area contributed by atoms with Crippen LogP contribution in [0.5, 0.6) is 0 Å². The Morgan fingerprint density at radius 2 is 2.13 bits per heavy atom. The summed E-state index contributed by atoms with van der Waals surface area (Å²) >= 11 is 3.31. The van der Waals surface area contributed by atoms with Gasteiger partial charge in [0.2, 0.25) is 0 Å². The zero-order chi connectivity index (χ0) is 11.5. The van der Waals surface area contributed by atoms with Crippen molar-refractivity contribution < 1.29 is 8.42 Å². The molecule has 0 aliphatic rings. The Balaban J connectivity index is 3.40. The normalized spacial score (nSPS) is 12.2. The highest BCUT2D eigenvalue weighted by atomic mass is 79.9. The van der Waals surface area contributed by atoms with E-state index >= 15 is 0 Å². The summed E-state index contributed by atoms with van der Waals surface area (Å²) in [7, 11) is -3.21. The van der Waals surface area contributed by atoms with Gasteiger partial charge in [0.05, 0.1) is 4.90 Å². The van der Waals surface area contributed by atoms with Gasteiger partial charge in [-0.2, -0.15) is 0 Å². The lowest BCUT2D eigenvalue weighted by Crippen LogP contribution is -2.01. The average molecular weight is 290 g/mol. The summed E-state index contributed by atoms with van der Waals surface area (Å²) in [6, 6.07) is 5.07. The molecule has 82 valence electrons. The number of sulfone groups is 1. The van der Waals surface area contributed by atoms with Crippen LogP contribution in [0.15, 0.2) is 33.6 Å². The van der Waals surface area contributed by atoms with Gasteiger partial charge in [0.15, 0.2) is 9.84 Å². The fourth-order valence-corrected chi connectivity index (χ4v) is 2.72. The minimum absolute atomic E-state index is 0.307. The molecule has 1 aromatic rings. The van der Waals surface area contributed by atoms with E-state index in [1.54, 1.807) is 30.4 Å². The molecule has 0 aliphatic carbocycles. The maximum atomic E-state index is 11.5. The first-order valence-corrected chi connectivity index (χ1v) is 7.00. The van der Waals surface area contributed by atoms with Gasteiger partial charge in [-0.25, -0.2) is 8.42 Å². The minimum atomic E-state index is -3.21. The quantitative estimate of drug-likeness (QED) is 0.923. The SMILES string of the molecule is CS(=O)(=O)c1cccc(Br)c1/C=C/CN. The Hall–Kier alpha value is -0.650. The molecule has 0 aromatic heterocycles. The number of rotatable bonds is 3. The van der Waals surface area contributed by atoms with Gasteiger partial charge in [-0.05, 0) is 12.1 Å². The molecule has 2 N–H and O–H groups in total. The average Bonchev–Trinajstić information content (AvgIpc) is 2.14. The van der Waals surface area contributed by atoms with Crippen LogP contribution in [0.4, 0.5) is 0 Å². The lowest BCUT2D eigenvalue weighted by Gasteiger charge is -2.05. The Labute approximate surface area is 98.0 Å². The molecule has 0 unspecified atom stereocenters. The summed E-state index contributed by atoms with van der Waals surface area (Å²) in [5.74, 6) is 0. The highest BCUT2D eigenvalue weighted by molar-refractivity contribution is 9.10. The summed E-state index contributed by atoms with van der Waals surface area (Å²) in [5.41, 5.74) is 5.98. The van der Waals surface area contributed by atoms with E-state index in [-0.39, 0.29) is 0 Å². The van der Waals surface area contributed by atoms with Crippen molar-refractivity contribution in [2.45, 2.75) is 4.90 Å². The van der Waals surface area contributed by atoms with Crippen LogP contribution in [0.2, 0.25) is 0 Å². The Kier molecular flexibility index (Phi) is 4.07. The van der Waals surface area contributed by atoms with Gasteiger partial charge in [-0.3, -0.25) is 0 Å². The fourth-order valence-electron chi connectivity index (χ4n) is 1.19. The second-order valence-corrected chi connectivity index (χ2v) is 5.90. The molecule has 1 aromatic carbocycles. The van der Waals surface area contributed by atoms with Gasteiger partial charge in [-0.15, -0.1) is 0 Å². The third kappa shape index (κ3) is 3.15. The van der Waals surface area contributed by atoms with Crippen LogP contribution in [0.1, 0.15) is 5.56 Å². The van der Waals surface area contributed by atoms with Gasteiger partial charge in [0.1, 0.15) is 0 Å². The molecular weight excluding hydrogens is 278 g/mol. The maximum Gasteiger partial charge on any atom is 0.176 e. The first kappa shape index (κ1) is 12.4. The number of hydrogen-bond acceptors (Lipinski definition) is 3. The summed E-state index contributed by atoms with van der Waals surface area (Å²) < 4.78 is 23.7. The van der Waals surface area contributed by atoms with Crippen LogP contribution in [0.25, 0.3) is 6.08 Å². The van der Waals surface area contributed by atoms with E-state index in [1.165, 1.54) is 6.26 Å². The number of benzene rings is 1. The fraction of sp³-hybridized carbons (Fsp3) is 0.200. The largest absolute Gasteiger partial charge is 0.327 e.